The van der Waals surface area contributed by atoms with Crippen molar-refractivity contribution in [2.45, 2.75) is 18.6 Å². The smallest absolute Gasteiger partial charge is 0.274 e. The number of carbonyl (C=O) groups excluding carboxylic acids is 1. The number of amides is 1. The second-order valence-electron chi connectivity index (χ2n) is 6.64. The standard InChI is InChI=1S/C20H20N4O3/c21-14-15-2-1-3-16(12-15)23-19(25)18-13-17(4-7-22-18)24-8-5-20(6-9-24)26-10-11-27-20/h1-4,7,12-13H,5-6,8-11H2,(H,23,25). The first-order valence-corrected chi connectivity index (χ1v) is 8.98. The van der Waals surface area contributed by atoms with Crippen molar-refractivity contribution < 1.29 is 14.3 Å². The Morgan fingerprint density at radius 1 is 1.19 bits per heavy atom. The molecule has 7 heteroatoms. The second-order valence-corrected chi connectivity index (χ2v) is 6.64. The largest absolute Gasteiger partial charge is 0.371 e. The monoisotopic (exact) mass is 364 g/mol. The molecule has 1 N–H and O–H groups in total. The molecule has 0 aliphatic carbocycles. The lowest BCUT2D eigenvalue weighted by molar-refractivity contribution is -0.169. The molecule has 1 aromatic heterocycles. The van der Waals surface area contributed by atoms with Crippen molar-refractivity contribution in [1.29, 1.82) is 5.26 Å². The molecule has 1 amide bonds. The Bertz CT molecular complexity index is 877. The van der Waals surface area contributed by atoms with E-state index in [0.717, 1.165) is 31.6 Å². The van der Waals surface area contributed by atoms with Crippen LogP contribution in [-0.2, 0) is 9.47 Å². The third-order valence-corrected chi connectivity index (χ3v) is 4.93. The lowest BCUT2D eigenvalue weighted by Crippen LogP contribution is -2.45. The Morgan fingerprint density at radius 3 is 2.70 bits per heavy atom. The summed E-state index contributed by atoms with van der Waals surface area (Å²) in [6, 6.07) is 12.6. The van der Waals surface area contributed by atoms with Gasteiger partial charge in [-0.25, -0.2) is 0 Å². The van der Waals surface area contributed by atoms with E-state index in [2.05, 4.69) is 21.3 Å². The molecular weight excluding hydrogens is 344 g/mol. The molecule has 0 saturated carbocycles. The quantitative estimate of drug-likeness (QED) is 0.901. The van der Waals surface area contributed by atoms with Gasteiger partial charge in [-0.1, -0.05) is 6.07 Å². The summed E-state index contributed by atoms with van der Waals surface area (Å²) < 4.78 is 11.5. The molecule has 138 valence electrons. The van der Waals surface area contributed by atoms with Gasteiger partial charge in [0.1, 0.15) is 5.69 Å². The van der Waals surface area contributed by atoms with Gasteiger partial charge in [0.25, 0.3) is 5.91 Å². The van der Waals surface area contributed by atoms with Crippen molar-refractivity contribution in [3.05, 3.63) is 53.9 Å². The highest BCUT2D eigenvalue weighted by molar-refractivity contribution is 6.03. The molecule has 4 rings (SSSR count). The van der Waals surface area contributed by atoms with Gasteiger partial charge in [0.05, 0.1) is 24.8 Å². The van der Waals surface area contributed by atoms with E-state index in [0.29, 0.717) is 30.2 Å². The average molecular weight is 364 g/mol. The molecule has 2 aromatic rings. The summed E-state index contributed by atoms with van der Waals surface area (Å²) in [6.07, 6.45) is 3.25. The number of nitriles is 1. The third-order valence-electron chi connectivity index (χ3n) is 4.93. The minimum absolute atomic E-state index is 0.303. The molecule has 7 nitrogen and oxygen atoms in total. The number of piperidine rings is 1. The molecule has 0 bridgehead atoms. The Balaban J connectivity index is 1.44. The Morgan fingerprint density at radius 2 is 1.96 bits per heavy atom. The molecule has 1 aromatic carbocycles. The first-order chi connectivity index (χ1) is 13.2. The van der Waals surface area contributed by atoms with Gasteiger partial charge in [0.2, 0.25) is 0 Å². The molecular formula is C20H20N4O3. The molecule has 2 fully saturated rings. The molecule has 0 radical (unpaired) electrons. The predicted octanol–water partition coefficient (Wildman–Crippen LogP) is 2.55. The fourth-order valence-corrected chi connectivity index (χ4v) is 3.49. The van der Waals surface area contributed by atoms with E-state index >= 15 is 0 Å². The number of hydrogen-bond acceptors (Lipinski definition) is 6. The average Bonchev–Trinajstić information content (AvgIpc) is 3.16. The zero-order valence-electron chi connectivity index (χ0n) is 14.9. The minimum Gasteiger partial charge on any atom is -0.371 e. The van der Waals surface area contributed by atoms with Crippen LogP contribution in [0.2, 0.25) is 0 Å². The highest BCUT2D eigenvalue weighted by Crippen LogP contribution is 2.33. The topological polar surface area (TPSA) is 87.5 Å². The number of ether oxygens (including phenoxy) is 2. The summed E-state index contributed by atoms with van der Waals surface area (Å²) in [6.45, 7) is 2.92. The number of hydrogen-bond donors (Lipinski definition) is 1. The predicted molar refractivity (Wildman–Crippen MR) is 99.4 cm³/mol. The molecule has 2 aliphatic rings. The number of aromatic nitrogens is 1. The van der Waals surface area contributed by atoms with Crippen molar-refractivity contribution in [2.75, 3.05) is 36.5 Å². The van der Waals surface area contributed by atoms with Gasteiger partial charge in [0, 0.05) is 43.5 Å². The van der Waals surface area contributed by atoms with Crippen LogP contribution in [-0.4, -0.2) is 43.0 Å². The summed E-state index contributed by atoms with van der Waals surface area (Å²) in [5.74, 6) is -0.724. The zero-order valence-corrected chi connectivity index (χ0v) is 14.9. The van der Waals surface area contributed by atoms with Crippen LogP contribution in [0.4, 0.5) is 11.4 Å². The molecule has 2 saturated heterocycles. The van der Waals surface area contributed by atoms with E-state index in [4.69, 9.17) is 14.7 Å². The molecule has 3 heterocycles. The molecule has 27 heavy (non-hydrogen) atoms. The molecule has 0 unspecified atom stereocenters. The van der Waals surface area contributed by atoms with E-state index in [-0.39, 0.29) is 5.91 Å². The maximum absolute atomic E-state index is 12.5. The first-order valence-electron chi connectivity index (χ1n) is 8.98. The van der Waals surface area contributed by atoms with E-state index in [1.807, 2.05) is 6.07 Å². The number of rotatable bonds is 3. The van der Waals surface area contributed by atoms with Crippen LogP contribution in [0.3, 0.4) is 0 Å². The van der Waals surface area contributed by atoms with Crippen LogP contribution in [0.1, 0.15) is 28.9 Å². The normalized spacial score (nSPS) is 18.3. The number of nitrogens with zero attached hydrogens (tertiary/aromatic N) is 3. The summed E-state index contributed by atoms with van der Waals surface area (Å²) >= 11 is 0. The van der Waals surface area contributed by atoms with Crippen molar-refractivity contribution >= 4 is 17.3 Å². The number of nitrogens with one attached hydrogen (secondary N) is 1. The number of benzene rings is 1. The SMILES string of the molecule is N#Cc1cccc(NC(=O)c2cc(N3CCC4(CC3)OCCO4)ccn2)c1. The summed E-state index contributed by atoms with van der Waals surface area (Å²) in [4.78, 5) is 18.9. The fourth-order valence-electron chi connectivity index (χ4n) is 3.49. The van der Waals surface area contributed by atoms with Crippen LogP contribution in [0.25, 0.3) is 0 Å². The highest BCUT2D eigenvalue weighted by Gasteiger charge is 2.39. The van der Waals surface area contributed by atoms with Gasteiger partial charge in [-0.05, 0) is 30.3 Å². The van der Waals surface area contributed by atoms with Gasteiger partial charge in [0.15, 0.2) is 5.79 Å². The van der Waals surface area contributed by atoms with Gasteiger partial charge >= 0.3 is 0 Å². The van der Waals surface area contributed by atoms with Crippen LogP contribution in [0.15, 0.2) is 42.6 Å². The Labute approximate surface area is 157 Å². The highest BCUT2D eigenvalue weighted by atomic mass is 16.7. The lowest BCUT2D eigenvalue weighted by Gasteiger charge is -2.38. The number of pyridine rings is 1. The van der Waals surface area contributed by atoms with E-state index in [9.17, 15) is 4.79 Å². The second kappa shape index (κ2) is 7.35. The van der Waals surface area contributed by atoms with Crippen molar-refractivity contribution in [3.8, 4) is 6.07 Å². The first kappa shape index (κ1) is 17.5. The maximum atomic E-state index is 12.5. The van der Waals surface area contributed by atoms with E-state index in [1.165, 1.54) is 0 Å². The molecule has 2 aliphatic heterocycles. The van der Waals surface area contributed by atoms with Crippen molar-refractivity contribution in [3.63, 3.8) is 0 Å². The van der Waals surface area contributed by atoms with Crippen molar-refractivity contribution in [1.82, 2.24) is 4.98 Å². The number of carbonyl (C=O) groups is 1. The number of anilines is 2. The molecule has 1 spiro atoms. The maximum Gasteiger partial charge on any atom is 0.274 e. The summed E-state index contributed by atoms with van der Waals surface area (Å²) in [7, 11) is 0. The van der Waals surface area contributed by atoms with Crippen LogP contribution < -0.4 is 10.2 Å². The van der Waals surface area contributed by atoms with Gasteiger partial charge < -0.3 is 19.7 Å². The van der Waals surface area contributed by atoms with Gasteiger partial charge in [-0.2, -0.15) is 5.26 Å². The zero-order chi connectivity index (χ0) is 18.7. The van der Waals surface area contributed by atoms with Crippen molar-refractivity contribution in [2.24, 2.45) is 0 Å². The van der Waals surface area contributed by atoms with Crippen LogP contribution >= 0.6 is 0 Å². The summed E-state index contributed by atoms with van der Waals surface area (Å²) in [5, 5.41) is 11.8. The molecule has 0 atom stereocenters. The Hall–Kier alpha value is -2.95. The van der Waals surface area contributed by atoms with E-state index in [1.54, 1.807) is 36.5 Å². The fraction of sp³-hybridized carbons (Fsp3) is 0.350. The van der Waals surface area contributed by atoms with Gasteiger partial charge in [-0.3, -0.25) is 9.78 Å². The van der Waals surface area contributed by atoms with Gasteiger partial charge in [-0.15, -0.1) is 0 Å². The lowest BCUT2D eigenvalue weighted by atomic mass is 10.0. The summed E-state index contributed by atoms with van der Waals surface area (Å²) in [5.41, 5.74) is 2.35. The Kier molecular flexibility index (Phi) is 4.75. The van der Waals surface area contributed by atoms with Crippen LogP contribution in [0, 0.1) is 11.3 Å². The van der Waals surface area contributed by atoms with E-state index < -0.39 is 5.79 Å². The van der Waals surface area contributed by atoms with Crippen LogP contribution in [0.5, 0.6) is 0 Å². The third kappa shape index (κ3) is 3.77. The minimum atomic E-state index is -0.421.